The van der Waals surface area contributed by atoms with E-state index in [0.717, 1.165) is 19.3 Å². The lowest BCUT2D eigenvalue weighted by Crippen LogP contribution is -2.29. The topological polar surface area (TPSA) is 63.6 Å². The molecule has 0 spiro atoms. The molecule has 0 radical (unpaired) electrons. The first kappa shape index (κ1) is 13.9. The fourth-order valence-corrected chi connectivity index (χ4v) is 2.13. The van der Waals surface area contributed by atoms with Gasteiger partial charge in [-0.25, -0.2) is 0 Å². The van der Waals surface area contributed by atoms with Crippen LogP contribution in [0.5, 0.6) is 0 Å². The quantitative estimate of drug-likeness (QED) is 0.531. The summed E-state index contributed by atoms with van der Waals surface area (Å²) in [7, 11) is -4.07. The van der Waals surface area contributed by atoms with Crippen LogP contribution in [0.4, 0.5) is 0 Å². The highest BCUT2D eigenvalue weighted by Gasteiger charge is 2.26. The molecule has 0 aromatic heterocycles. The third kappa shape index (κ3) is 5.57. The molecule has 0 amide bonds. The molecule has 0 bridgehead atoms. The van der Waals surface area contributed by atoms with Crippen molar-refractivity contribution in [1.82, 2.24) is 0 Å². The summed E-state index contributed by atoms with van der Waals surface area (Å²) in [5.41, 5.74) is -1.08. The Hall–Kier alpha value is -0.130. The van der Waals surface area contributed by atoms with Gasteiger partial charge >= 0.3 is 0 Å². The lowest BCUT2D eigenvalue weighted by Gasteiger charge is -2.18. The second kappa shape index (κ2) is 6.37. The van der Waals surface area contributed by atoms with E-state index in [4.69, 9.17) is 9.29 Å². The number of hydrogen-bond acceptors (Lipinski definition) is 3. The zero-order valence-electron chi connectivity index (χ0n) is 9.06. The van der Waals surface area contributed by atoms with E-state index in [1.54, 1.807) is 13.8 Å². The van der Waals surface area contributed by atoms with E-state index in [1.807, 2.05) is 0 Å². The lowest BCUT2D eigenvalue weighted by atomic mass is 10.2. The minimum absolute atomic E-state index is 0.230. The Balaban J connectivity index is 4.01. The first-order valence-electron chi connectivity index (χ1n) is 4.97. The van der Waals surface area contributed by atoms with E-state index >= 15 is 0 Å². The van der Waals surface area contributed by atoms with Gasteiger partial charge in [0.2, 0.25) is 0 Å². The van der Waals surface area contributed by atoms with E-state index in [-0.39, 0.29) is 5.92 Å². The van der Waals surface area contributed by atoms with Gasteiger partial charge in [0.25, 0.3) is 10.1 Å². The minimum atomic E-state index is -4.07. The lowest BCUT2D eigenvalue weighted by molar-refractivity contribution is 0.0677. The highest BCUT2D eigenvalue weighted by atomic mass is 32.2. The summed E-state index contributed by atoms with van der Waals surface area (Å²) >= 11 is 0. The van der Waals surface area contributed by atoms with Crippen molar-refractivity contribution in [2.24, 2.45) is 5.92 Å². The summed E-state index contributed by atoms with van der Waals surface area (Å²) in [4.78, 5) is 0. The Bertz CT molecular complexity index is 233. The first-order chi connectivity index (χ1) is 6.39. The maximum atomic E-state index is 10.9. The molecule has 0 saturated carbocycles. The molecule has 0 aromatic carbocycles. The summed E-state index contributed by atoms with van der Waals surface area (Å²) < 4.78 is 35.7. The van der Waals surface area contributed by atoms with Gasteiger partial charge in [-0.3, -0.25) is 4.55 Å². The van der Waals surface area contributed by atoms with Gasteiger partial charge in [-0.2, -0.15) is 8.42 Å². The standard InChI is InChI=1S/C9H20O4S/c1-4-5-6-7-13-9(8(2)3)14(10,11)12/h8-9H,4-7H2,1-3H3,(H,10,11,12). The average molecular weight is 224 g/mol. The Morgan fingerprint density at radius 1 is 1.29 bits per heavy atom. The SMILES string of the molecule is CCCCCOC(C(C)C)S(=O)(=O)O. The van der Waals surface area contributed by atoms with Crippen molar-refractivity contribution < 1.29 is 17.7 Å². The third-order valence-corrected chi connectivity index (χ3v) is 3.14. The minimum Gasteiger partial charge on any atom is -0.359 e. The van der Waals surface area contributed by atoms with E-state index in [1.165, 1.54) is 0 Å². The second-order valence-corrected chi connectivity index (χ2v) is 5.20. The highest BCUT2D eigenvalue weighted by Crippen LogP contribution is 2.13. The van der Waals surface area contributed by atoms with Crippen molar-refractivity contribution >= 4 is 10.1 Å². The average Bonchev–Trinajstić information content (AvgIpc) is 2.01. The van der Waals surface area contributed by atoms with Crippen LogP contribution in [0, 0.1) is 5.92 Å². The molecule has 1 N–H and O–H groups in total. The molecule has 0 aromatic rings. The Morgan fingerprint density at radius 3 is 2.21 bits per heavy atom. The van der Waals surface area contributed by atoms with Crippen LogP contribution in [0.3, 0.4) is 0 Å². The monoisotopic (exact) mass is 224 g/mol. The van der Waals surface area contributed by atoms with Crippen LogP contribution in [0.2, 0.25) is 0 Å². The van der Waals surface area contributed by atoms with Crippen LogP contribution in [0.15, 0.2) is 0 Å². The number of rotatable bonds is 7. The van der Waals surface area contributed by atoms with Crippen molar-refractivity contribution in [1.29, 1.82) is 0 Å². The Labute approximate surface area is 86.4 Å². The molecule has 0 fully saturated rings. The largest absolute Gasteiger partial charge is 0.359 e. The number of ether oxygens (including phenoxy) is 1. The van der Waals surface area contributed by atoms with Crippen molar-refractivity contribution in [3.63, 3.8) is 0 Å². The van der Waals surface area contributed by atoms with Crippen LogP contribution in [0.1, 0.15) is 40.0 Å². The molecule has 1 unspecified atom stereocenters. The Morgan fingerprint density at radius 2 is 1.86 bits per heavy atom. The molecule has 0 heterocycles. The molecule has 0 rings (SSSR count). The summed E-state index contributed by atoms with van der Waals surface area (Å²) in [6.07, 6.45) is 2.90. The molecule has 1 atom stereocenters. The van der Waals surface area contributed by atoms with Gasteiger partial charge in [0.1, 0.15) is 0 Å². The van der Waals surface area contributed by atoms with Gasteiger partial charge < -0.3 is 4.74 Å². The third-order valence-electron chi connectivity index (χ3n) is 1.87. The van der Waals surface area contributed by atoms with E-state index in [9.17, 15) is 8.42 Å². The van der Waals surface area contributed by atoms with E-state index in [2.05, 4.69) is 6.92 Å². The van der Waals surface area contributed by atoms with Crippen LogP contribution in [-0.4, -0.2) is 25.0 Å². The molecule has 5 heteroatoms. The van der Waals surface area contributed by atoms with Gasteiger partial charge in [0, 0.05) is 6.61 Å². The molecule has 0 aliphatic carbocycles. The smallest absolute Gasteiger partial charge is 0.292 e. The van der Waals surface area contributed by atoms with Crippen molar-refractivity contribution in [3.05, 3.63) is 0 Å². The number of hydrogen-bond donors (Lipinski definition) is 1. The van der Waals surface area contributed by atoms with Gasteiger partial charge in [-0.15, -0.1) is 0 Å². The maximum absolute atomic E-state index is 10.9. The maximum Gasteiger partial charge on any atom is 0.292 e. The van der Waals surface area contributed by atoms with Crippen LogP contribution < -0.4 is 0 Å². The Kier molecular flexibility index (Phi) is 6.31. The summed E-state index contributed by atoms with van der Waals surface area (Å²) in [5, 5.41) is 0. The molecule has 4 nitrogen and oxygen atoms in total. The van der Waals surface area contributed by atoms with Gasteiger partial charge in [0.15, 0.2) is 5.44 Å². The molecule has 0 aliphatic heterocycles. The van der Waals surface area contributed by atoms with E-state index in [0.29, 0.717) is 6.61 Å². The second-order valence-electron chi connectivity index (χ2n) is 3.71. The summed E-state index contributed by atoms with van der Waals surface area (Å²) in [6, 6.07) is 0. The fraction of sp³-hybridized carbons (Fsp3) is 1.00. The predicted octanol–water partition coefficient (Wildman–Crippen LogP) is 2.06. The predicted molar refractivity (Wildman–Crippen MR) is 55.7 cm³/mol. The molecule has 86 valence electrons. The van der Waals surface area contributed by atoms with Crippen LogP contribution in [-0.2, 0) is 14.9 Å². The van der Waals surface area contributed by atoms with Gasteiger partial charge in [-0.1, -0.05) is 33.6 Å². The fourth-order valence-electron chi connectivity index (χ4n) is 1.17. The molecule has 0 saturated heterocycles. The van der Waals surface area contributed by atoms with Crippen molar-refractivity contribution in [3.8, 4) is 0 Å². The zero-order valence-corrected chi connectivity index (χ0v) is 9.88. The van der Waals surface area contributed by atoms with Crippen LogP contribution >= 0.6 is 0 Å². The normalized spacial score (nSPS) is 14.6. The molecular formula is C9H20O4S. The zero-order chi connectivity index (χ0) is 11.2. The van der Waals surface area contributed by atoms with Crippen LogP contribution in [0.25, 0.3) is 0 Å². The van der Waals surface area contributed by atoms with Crippen molar-refractivity contribution in [2.75, 3.05) is 6.61 Å². The first-order valence-corrected chi connectivity index (χ1v) is 6.47. The molecule has 0 aliphatic rings. The van der Waals surface area contributed by atoms with Gasteiger partial charge in [0.05, 0.1) is 0 Å². The van der Waals surface area contributed by atoms with Gasteiger partial charge in [-0.05, 0) is 12.3 Å². The van der Waals surface area contributed by atoms with E-state index < -0.39 is 15.6 Å². The van der Waals surface area contributed by atoms with Crippen molar-refractivity contribution in [2.45, 2.75) is 45.5 Å². The molecule has 14 heavy (non-hydrogen) atoms. The summed E-state index contributed by atoms with van der Waals surface area (Å²) in [6.45, 7) is 5.86. The molecular weight excluding hydrogens is 204 g/mol. The summed E-state index contributed by atoms with van der Waals surface area (Å²) in [5.74, 6) is -0.230. The number of unbranched alkanes of at least 4 members (excludes halogenated alkanes) is 2. The highest BCUT2D eigenvalue weighted by molar-refractivity contribution is 7.86.